The third-order valence-corrected chi connectivity index (χ3v) is 3.88. The van der Waals surface area contributed by atoms with Gasteiger partial charge in [-0.1, -0.05) is 107 Å². The standard InChI is InChI=1S/C21H20.C2H6/c1-16(2)19-13-14-20(17-9-5-3-6-10-17)21(15-19)18-11-7-4-8-12-18;1-2/h3-16H,1-2H3;1-2H3. The van der Waals surface area contributed by atoms with Crippen LogP contribution in [0.25, 0.3) is 22.3 Å². The fourth-order valence-corrected chi connectivity index (χ4v) is 2.65. The van der Waals surface area contributed by atoms with Crippen molar-refractivity contribution in [2.24, 2.45) is 0 Å². The van der Waals surface area contributed by atoms with Crippen molar-refractivity contribution in [2.45, 2.75) is 33.6 Å². The molecule has 3 aromatic rings. The van der Waals surface area contributed by atoms with Crippen molar-refractivity contribution in [3.8, 4) is 22.3 Å². The molecule has 0 heterocycles. The molecule has 0 bridgehead atoms. The van der Waals surface area contributed by atoms with Crippen LogP contribution in [-0.4, -0.2) is 0 Å². The first-order valence-corrected chi connectivity index (χ1v) is 8.50. The Morgan fingerprint density at radius 3 is 1.52 bits per heavy atom. The summed E-state index contributed by atoms with van der Waals surface area (Å²) in [6, 6.07) is 28.1. The average molecular weight is 302 g/mol. The summed E-state index contributed by atoms with van der Waals surface area (Å²) in [4.78, 5) is 0. The monoisotopic (exact) mass is 302 g/mol. The minimum atomic E-state index is 0.539. The first-order chi connectivity index (χ1) is 11.3. The highest BCUT2D eigenvalue weighted by molar-refractivity contribution is 5.83. The SMILES string of the molecule is CC.CC(C)c1ccc(-c2ccccc2)c(-c2ccccc2)c1. The van der Waals surface area contributed by atoms with E-state index in [1.165, 1.54) is 27.8 Å². The van der Waals surface area contributed by atoms with Gasteiger partial charge in [0, 0.05) is 0 Å². The topological polar surface area (TPSA) is 0 Å². The van der Waals surface area contributed by atoms with E-state index in [1.807, 2.05) is 13.8 Å². The maximum Gasteiger partial charge on any atom is -0.0103 e. The Morgan fingerprint density at radius 1 is 0.565 bits per heavy atom. The van der Waals surface area contributed by atoms with E-state index >= 15 is 0 Å². The van der Waals surface area contributed by atoms with E-state index < -0.39 is 0 Å². The Kier molecular flexibility index (Phi) is 6.17. The molecule has 0 unspecified atom stereocenters. The van der Waals surface area contributed by atoms with Gasteiger partial charge in [0.25, 0.3) is 0 Å². The van der Waals surface area contributed by atoms with Crippen LogP contribution in [0, 0.1) is 0 Å². The number of benzene rings is 3. The van der Waals surface area contributed by atoms with Gasteiger partial charge in [0.05, 0.1) is 0 Å². The molecule has 0 nitrogen and oxygen atoms in total. The lowest BCUT2D eigenvalue weighted by molar-refractivity contribution is 0.867. The molecule has 0 saturated heterocycles. The summed E-state index contributed by atoms with van der Waals surface area (Å²) in [6.45, 7) is 8.48. The molecule has 23 heavy (non-hydrogen) atoms. The number of hydrogen-bond acceptors (Lipinski definition) is 0. The van der Waals surface area contributed by atoms with Crippen LogP contribution >= 0.6 is 0 Å². The second-order valence-corrected chi connectivity index (χ2v) is 5.69. The summed E-state index contributed by atoms with van der Waals surface area (Å²) in [7, 11) is 0. The molecular formula is C23H26. The zero-order valence-corrected chi connectivity index (χ0v) is 14.6. The number of rotatable bonds is 3. The lowest BCUT2D eigenvalue weighted by Crippen LogP contribution is -1.91. The molecule has 0 aliphatic carbocycles. The molecular weight excluding hydrogens is 276 g/mol. The van der Waals surface area contributed by atoms with Crippen LogP contribution in [-0.2, 0) is 0 Å². The van der Waals surface area contributed by atoms with Crippen LogP contribution in [0.3, 0.4) is 0 Å². The molecule has 0 heteroatoms. The summed E-state index contributed by atoms with van der Waals surface area (Å²) in [6.07, 6.45) is 0. The Balaban J connectivity index is 0.000000924. The third-order valence-electron chi connectivity index (χ3n) is 3.88. The normalized spacial score (nSPS) is 10.1. The van der Waals surface area contributed by atoms with Crippen LogP contribution in [0.2, 0.25) is 0 Å². The molecule has 0 atom stereocenters. The van der Waals surface area contributed by atoms with Crippen molar-refractivity contribution in [1.29, 1.82) is 0 Å². The Labute approximate surface area is 140 Å². The summed E-state index contributed by atoms with van der Waals surface area (Å²) in [5, 5.41) is 0. The summed E-state index contributed by atoms with van der Waals surface area (Å²) >= 11 is 0. The molecule has 0 aliphatic rings. The smallest absolute Gasteiger partial charge is 0.0103 e. The van der Waals surface area contributed by atoms with Crippen LogP contribution < -0.4 is 0 Å². The molecule has 3 rings (SSSR count). The van der Waals surface area contributed by atoms with Crippen LogP contribution in [0.5, 0.6) is 0 Å². The van der Waals surface area contributed by atoms with Crippen molar-refractivity contribution in [3.05, 3.63) is 84.4 Å². The second-order valence-electron chi connectivity index (χ2n) is 5.69. The second kappa shape index (κ2) is 8.33. The van der Waals surface area contributed by atoms with Gasteiger partial charge in [0.15, 0.2) is 0 Å². The quantitative estimate of drug-likeness (QED) is 0.481. The first kappa shape index (κ1) is 17.0. The van der Waals surface area contributed by atoms with E-state index in [9.17, 15) is 0 Å². The molecule has 0 radical (unpaired) electrons. The highest BCUT2D eigenvalue weighted by Crippen LogP contribution is 2.34. The van der Waals surface area contributed by atoms with Crippen LogP contribution in [0.1, 0.15) is 39.2 Å². The minimum Gasteiger partial charge on any atom is -0.0683 e. The zero-order valence-electron chi connectivity index (χ0n) is 14.6. The highest BCUT2D eigenvalue weighted by Gasteiger charge is 2.09. The average Bonchev–Trinajstić information content (AvgIpc) is 2.64. The lowest BCUT2D eigenvalue weighted by Gasteiger charge is -2.14. The summed E-state index contributed by atoms with van der Waals surface area (Å²) in [5.41, 5.74) is 6.54. The highest BCUT2D eigenvalue weighted by atomic mass is 14.1. The maximum absolute atomic E-state index is 2.34. The molecule has 3 aromatic carbocycles. The van der Waals surface area contributed by atoms with Crippen molar-refractivity contribution in [3.63, 3.8) is 0 Å². The van der Waals surface area contributed by atoms with E-state index in [0.717, 1.165) is 0 Å². The summed E-state index contributed by atoms with van der Waals surface area (Å²) in [5.74, 6) is 0.539. The fourth-order valence-electron chi connectivity index (χ4n) is 2.65. The molecule has 0 N–H and O–H groups in total. The van der Waals surface area contributed by atoms with Gasteiger partial charge in [-0.25, -0.2) is 0 Å². The van der Waals surface area contributed by atoms with Gasteiger partial charge in [0.1, 0.15) is 0 Å². The van der Waals surface area contributed by atoms with Crippen molar-refractivity contribution in [2.75, 3.05) is 0 Å². The maximum atomic E-state index is 2.34. The van der Waals surface area contributed by atoms with Gasteiger partial charge < -0.3 is 0 Å². The third kappa shape index (κ3) is 4.10. The van der Waals surface area contributed by atoms with Gasteiger partial charge >= 0.3 is 0 Å². The van der Waals surface area contributed by atoms with Crippen molar-refractivity contribution < 1.29 is 0 Å². The molecule has 0 fully saturated rings. The van der Waals surface area contributed by atoms with E-state index in [-0.39, 0.29) is 0 Å². The van der Waals surface area contributed by atoms with Gasteiger partial charge in [0.2, 0.25) is 0 Å². The molecule has 0 spiro atoms. The van der Waals surface area contributed by atoms with Crippen LogP contribution in [0.15, 0.2) is 78.9 Å². The van der Waals surface area contributed by atoms with Gasteiger partial charge in [-0.2, -0.15) is 0 Å². The van der Waals surface area contributed by atoms with Crippen molar-refractivity contribution in [1.82, 2.24) is 0 Å². The predicted molar refractivity (Wildman–Crippen MR) is 103 cm³/mol. The zero-order chi connectivity index (χ0) is 16.7. The van der Waals surface area contributed by atoms with E-state index in [4.69, 9.17) is 0 Å². The predicted octanol–water partition coefficient (Wildman–Crippen LogP) is 7.17. The summed E-state index contributed by atoms with van der Waals surface area (Å²) < 4.78 is 0. The number of hydrogen-bond donors (Lipinski definition) is 0. The van der Waals surface area contributed by atoms with Crippen molar-refractivity contribution >= 4 is 0 Å². The molecule has 0 aliphatic heterocycles. The Bertz CT molecular complexity index is 710. The van der Waals surface area contributed by atoms with E-state index in [1.54, 1.807) is 0 Å². The van der Waals surface area contributed by atoms with E-state index in [0.29, 0.717) is 5.92 Å². The largest absolute Gasteiger partial charge is 0.0683 e. The van der Waals surface area contributed by atoms with Crippen LogP contribution in [0.4, 0.5) is 0 Å². The molecule has 0 aromatic heterocycles. The van der Waals surface area contributed by atoms with Gasteiger partial charge in [-0.05, 0) is 33.7 Å². The Hall–Kier alpha value is -2.34. The van der Waals surface area contributed by atoms with E-state index in [2.05, 4.69) is 92.7 Å². The molecule has 0 saturated carbocycles. The Morgan fingerprint density at radius 2 is 1.04 bits per heavy atom. The first-order valence-electron chi connectivity index (χ1n) is 8.50. The molecule has 0 amide bonds. The van der Waals surface area contributed by atoms with Gasteiger partial charge in [-0.3, -0.25) is 0 Å². The molecule has 118 valence electrons. The van der Waals surface area contributed by atoms with Gasteiger partial charge in [-0.15, -0.1) is 0 Å². The lowest BCUT2D eigenvalue weighted by atomic mass is 9.90. The fraction of sp³-hybridized carbons (Fsp3) is 0.217. The minimum absolute atomic E-state index is 0.539.